The fourth-order valence-corrected chi connectivity index (χ4v) is 4.56. The topological polar surface area (TPSA) is 38.9 Å². The number of thiazole rings is 1. The molecule has 2 N–H and O–H groups in total. The van der Waals surface area contributed by atoms with Gasteiger partial charge in [0.05, 0.1) is 15.2 Å². The van der Waals surface area contributed by atoms with E-state index in [1.165, 1.54) is 15.1 Å². The SMILES string of the molecule is Cc1sc(N)c(-c2nc3ccc(Br)cc3s2)c1C. The van der Waals surface area contributed by atoms with E-state index in [4.69, 9.17) is 5.73 Å². The van der Waals surface area contributed by atoms with Crippen LogP contribution in [0.15, 0.2) is 22.7 Å². The number of benzene rings is 1. The lowest BCUT2D eigenvalue weighted by Crippen LogP contribution is -1.85. The van der Waals surface area contributed by atoms with Gasteiger partial charge < -0.3 is 5.73 Å². The zero-order valence-corrected chi connectivity index (χ0v) is 13.2. The number of fused-ring (bicyclic) bond motifs is 1. The molecule has 0 aliphatic carbocycles. The van der Waals surface area contributed by atoms with Crippen molar-refractivity contribution in [3.8, 4) is 10.6 Å². The molecule has 0 spiro atoms. The fraction of sp³-hybridized carbons (Fsp3) is 0.154. The van der Waals surface area contributed by atoms with Crippen LogP contribution in [-0.2, 0) is 0 Å². The van der Waals surface area contributed by atoms with E-state index in [-0.39, 0.29) is 0 Å². The molecule has 1 aromatic carbocycles. The van der Waals surface area contributed by atoms with Gasteiger partial charge in [0, 0.05) is 14.9 Å². The molecule has 0 atom stereocenters. The monoisotopic (exact) mass is 338 g/mol. The Balaban J connectivity index is 2.25. The summed E-state index contributed by atoms with van der Waals surface area (Å²) in [6.45, 7) is 4.21. The Morgan fingerprint density at radius 2 is 2.00 bits per heavy atom. The minimum absolute atomic E-state index is 0.864. The second kappa shape index (κ2) is 4.33. The molecule has 3 aromatic rings. The molecule has 18 heavy (non-hydrogen) atoms. The zero-order valence-electron chi connectivity index (χ0n) is 9.95. The van der Waals surface area contributed by atoms with Crippen molar-refractivity contribution in [1.82, 2.24) is 4.98 Å². The summed E-state index contributed by atoms with van der Waals surface area (Å²) < 4.78 is 2.26. The summed E-state index contributed by atoms with van der Waals surface area (Å²) in [5, 5.41) is 1.88. The van der Waals surface area contributed by atoms with Crippen LogP contribution in [-0.4, -0.2) is 4.98 Å². The lowest BCUT2D eigenvalue weighted by atomic mass is 10.2. The van der Waals surface area contributed by atoms with E-state index < -0.39 is 0 Å². The van der Waals surface area contributed by atoms with Crippen LogP contribution in [0.4, 0.5) is 5.00 Å². The molecule has 5 heteroatoms. The highest BCUT2D eigenvalue weighted by Gasteiger charge is 2.16. The fourth-order valence-electron chi connectivity index (χ4n) is 1.92. The molecule has 0 saturated carbocycles. The first-order chi connectivity index (χ1) is 8.56. The van der Waals surface area contributed by atoms with Gasteiger partial charge in [-0.15, -0.1) is 22.7 Å². The van der Waals surface area contributed by atoms with E-state index in [9.17, 15) is 0 Å². The van der Waals surface area contributed by atoms with Crippen molar-refractivity contribution in [2.24, 2.45) is 0 Å². The highest BCUT2D eigenvalue weighted by Crippen LogP contribution is 2.41. The summed E-state index contributed by atoms with van der Waals surface area (Å²) in [6.07, 6.45) is 0. The molecule has 0 amide bonds. The van der Waals surface area contributed by atoms with Gasteiger partial charge >= 0.3 is 0 Å². The smallest absolute Gasteiger partial charge is 0.127 e. The molecule has 2 aromatic heterocycles. The van der Waals surface area contributed by atoms with Crippen LogP contribution in [0.3, 0.4) is 0 Å². The Hall–Kier alpha value is -0.910. The van der Waals surface area contributed by atoms with Gasteiger partial charge in [0.2, 0.25) is 0 Å². The molecule has 0 unspecified atom stereocenters. The number of hydrogen-bond acceptors (Lipinski definition) is 4. The molecule has 2 heterocycles. The molecule has 0 aliphatic rings. The normalized spacial score (nSPS) is 11.3. The molecular formula is C13H11BrN2S2. The quantitative estimate of drug-likeness (QED) is 0.679. The van der Waals surface area contributed by atoms with Gasteiger partial charge in [-0.2, -0.15) is 0 Å². The second-order valence-corrected chi connectivity index (χ2v) is 7.36. The van der Waals surface area contributed by atoms with Crippen LogP contribution in [0.5, 0.6) is 0 Å². The standard InChI is InChI=1S/C13H11BrN2S2/c1-6-7(2)17-12(15)11(6)13-16-9-4-3-8(14)5-10(9)18-13/h3-5H,15H2,1-2H3. The molecule has 0 aliphatic heterocycles. The summed E-state index contributed by atoms with van der Waals surface area (Å²) in [7, 11) is 0. The number of nitrogens with zero attached hydrogens (tertiary/aromatic N) is 1. The van der Waals surface area contributed by atoms with E-state index in [1.54, 1.807) is 22.7 Å². The van der Waals surface area contributed by atoms with Crippen LogP contribution in [0, 0.1) is 13.8 Å². The summed E-state index contributed by atoms with van der Waals surface area (Å²) in [6, 6.07) is 6.15. The van der Waals surface area contributed by atoms with E-state index >= 15 is 0 Å². The predicted octanol–water partition coefficient (Wildman–Crippen LogP) is 4.99. The maximum absolute atomic E-state index is 6.10. The molecular weight excluding hydrogens is 328 g/mol. The predicted molar refractivity (Wildman–Crippen MR) is 84.5 cm³/mol. The van der Waals surface area contributed by atoms with Crippen LogP contribution in [0.2, 0.25) is 0 Å². The van der Waals surface area contributed by atoms with Crippen molar-refractivity contribution in [2.45, 2.75) is 13.8 Å². The van der Waals surface area contributed by atoms with Gasteiger partial charge in [-0.25, -0.2) is 4.98 Å². The van der Waals surface area contributed by atoms with Gasteiger partial charge in [-0.1, -0.05) is 15.9 Å². The third kappa shape index (κ3) is 1.86. The Labute approximate surface area is 122 Å². The minimum Gasteiger partial charge on any atom is -0.390 e. The number of thiophene rings is 1. The average Bonchev–Trinajstić information content (AvgIpc) is 2.80. The van der Waals surface area contributed by atoms with Crippen molar-refractivity contribution in [1.29, 1.82) is 0 Å². The van der Waals surface area contributed by atoms with E-state index in [1.807, 2.05) is 12.1 Å². The van der Waals surface area contributed by atoms with Crippen molar-refractivity contribution in [3.63, 3.8) is 0 Å². The van der Waals surface area contributed by atoms with Gasteiger partial charge in [0.1, 0.15) is 5.01 Å². The van der Waals surface area contributed by atoms with Crippen LogP contribution in [0.1, 0.15) is 10.4 Å². The largest absolute Gasteiger partial charge is 0.390 e. The van der Waals surface area contributed by atoms with Crippen LogP contribution in [0.25, 0.3) is 20.8 Å². The molecule has 92 valence electrons. The second-order valence-electron chi connectivity index (χ2n) is 4.15. The number of aryl methyl sites for hydroxylation is 1. The van der Waals surface area contributed by atoms with Gasteiger partial charge in [0.25, 0.3) is 0 Å². The van der Waals surface area contributed by atoms with E-state index in [0.717, 1.165) is 25.6 Å². The summed E-state index contributed by atoms with van der Waals surface area (Å²) in [5.74, 6) is 0. The zero-order chi connectivity index (χ0) is 12.9. The number of halogens is 1. The Morgan fingerprint density at radius 1 is 1.22 bits per heavy atom. The lowest BCUT2D eigenvalue weighted by molar-refractivity contribution is 1.41. The third-order valence-electron chi connectivity index (χ3n) is 2.98. The third-order valence-corrected chi connectivity index (χ3v) is 5.54. The molecule has 0 fully saturated rings. The van der Waals surface area contributed by atoms with Crippen molar-refractivity contribution in [3.05, 3.63) is 33.1 Å². The van der Waals surface area contributed by atoms with Crippen molar-refractivity contribution in [2.75, 3.05) is 5.73 Å². The Bertz CT molecular complexity index is 743. The molecule has 0 bridgehead atoms. The number of nitrogen functional groups attached to an aromatic ring is 1. The highest BCUT2D eigenvalue weighted by atomic mass is 79.9. The number of rotatable bonds is 1. The molecule has 0 radical (unpaired) electrons. The van der Waals surface area contributed by atoms with Crippen LogP contribution >= 0.6 is 38.6 Å². The van der Waals surface area contributed by atoms with Gasteiger partial charge in [0.15, 0.2) is 0 Å². The summed E-state index contributed by atoms with van der Waals surface area (Å²) in [4.78, 5) is 5.95. The van der Waals surface area contributed by atoms with Crippen molar-refractivity contribution < 1.29 is 0 Å². The lowest BCUT2D eigenvalue weighted by Gasteiger charge is -1.96. The van der Waals surface area contributed by atoms with Gasteiger partial charge in [-0.05, 0) is 37.6 Å². The Morgan fingerprint density at radius 3 is 2.67 bits per heavy atom. The van der Waals surface area contributed by atoms with E-state index in [0.29, 0.717) is 0 Å². The first-order valence-electron chi connectivity index (χ1n) is 5.48. The first-order valence-corrected chi connectivity index (χ1v) is 7.91. The number of hydrogen-bond donors (Lipinski definition) is 1. The maximum atomic E-state index is 6.10. The average molecular weight is 339 g/mol. The van der Waals surface area contributed by atoms with Crippen molar-refractivity contribution >= 4 is 53.8 Å². The number of aromatic nitrogens is 1. The Kier molecular flexibility index (Phi) is 2.92. The first kappa shape index (κ1) is 12.1. The molecule has 3 rings (SSSR count). The summed E-state index contributed by atoms with van der Waals surface area (Å²) >= 11 is 6.82. The molecule has 0 saturated heterocycles. The molecule has 2 nitrogen and oxygen atoms in total. The van der Waals surface area contributed by atoms with Gasteiger partial charge in [-0.3, -0.25) is 0 Å². The maximum Gasteiger partial charge on any atom is 0.127 e. The van der Waals surface area contributed by atoms with Crippen LogP contribution < -0.4 is 5.73 Å². The number of anilines is 1. The minimum atomic E-state index is 0.864. The summed E-state index contributed by atoms with van der Waals surface area (Å²) in [5.41, 5.74) is 9.48. The van der Waals surface area contributed by atoms with E-state index in [2.05, 4.69) is 40.8 Å². The number of nitrogens with two attached hydrogens (primary N) is 1. The highest BCUT2D eigenvalue weighted by molar-refractivity contribution is 9.10.